The molecule has 0 aliphatic rings. The summed E-state index contributed by atoms with van der Waals surface area (Å²) in [5.74, 6) is 3.01. The molecule has 0 amide bonds. The Morgan fingerprint density at radius 2 is 0.879 bits per heavy atom. The zero-order chi connectivity index (χ0) is 74.6. The first-order valence-corrected chi connectivity index (χ1v) is 34.7. The maximum atomic E-state index is 12.4. The Balaban J connectivity index is 0.000000109. The number of nitrogens with zero attached hydrogens (tertiary/aromatic N) is 15. The number of benzene rings is 7. The van der Waals surface area contributed by atoms with Crippen LogP contribution in [0, 0.1) is 27.7 Å². The normalized spacial score (nSPS) is 11.2. The van der Waals surface area contributed by atoms with E-state index in [1.807, 2.05) is 190 Å². The Kier molecular flexibility index (Phi) is 19.8. The van der Waals surface area contributed by atoms with Crippen LogP contribution in [0.5, 0.6) is 0 Å². The first-order valence-electron chi connectivity index (χ1n) is 34.3. The van der Waals surface area contributed by atoms with Crippen LogP contribution in [0.2, 0.25) is 5.02 Å². The van der Waals surface area contributed by atoms with Crippen molar-refractivity contribution in [3.05, 3.63) is 338 Å². The number of esters is 1. The number of fused-ring (bicyclic) bond motifs is 16. The standard InChI is InChI=1S/C18H14ClN3O.C18H15N3O.C14H15N3O.C13H11N3O3.C10H7N3O.C7H7N3O/c1-12-10-17(23)22-16-5-3-2-4-15(16)20-18(22)21(12)11-13-6-8-14(19)9-7-13;1-13-11-17(22)21-16-10-6-5-9-15(16)19-18(21)20(13)12-14-7-3-2-4-8-14;1-3-8-16-10(2)9-13(18)17-12-7-5-4-6-11(12)15-14(16)17;1-2-19-12(18)8-7-14-13-15-9-5-3-4-6-10(9)16(13)11(8)17;14-9-5-6-11-10-12-7-3-1-2-4-8(7)13(9)10;1-5-4-6(11)10-3-2-8-7(10)9-5/h2-10H,11H2,1H3;2-11H,12H2,1H3;4-7,9H,3,8H2,1-2H3;3-7H,2H2,1H3,(H,14,15);1-6H,(H,11,12);2-4H,1H3,(H,8,9). The molecule has 0 aliphatic heterocycles. The number of para-hydroxylation sites is 10. The van der Waals surface area contributed by atoms with Gasteiger partial charge in [0, 0.05) is 83.3 Å². The zero-order valence-corrected chi connectivity index (χ0v) is 59.6. The Morgan fingerprint density at radius 1 is 0.430 bits per heavy atom. The molecule has 0 bridgehead atoms. The van der Waals surface area contributed by atoms with Crippen molar-refractivity contribution in [1.29, 1.82) is 0 Å². The number of aromatic amines is 3. The van der Waals surface area contributed by atoms with E-state index in [2.05, 4.69) is 73.0 Å². The van der Waals surface area contributed by atoms with Gasteiger partial charge in [0.25, 0.3) is 33.4 Å². The molecule has 19 rings (SSSR count). The molecule has 0 saturated carbocycles. The topological polar surface area (TPSA) is 295 Å². The lowest BCUT2D eigenvalue weighted by Gasteiger charge is -2.12. The molecule has 107 heavy (non-hydrogen) atoms. The summed E-state index contributed by atoms with van der Waals surface area (Å²) >= 11 is 5.95. The summed E-state index contributed by atoms with van der Waals surface area (Å²) in [4.78, 5) is 119. The van der Waals surface area contributed by atoms with Crippen molar-refractivity contribution in [3.8, 4) is 0 Å². The van der Waals surface area contributed by atoms with Crippen LogP contribution in [0.4, 0.5) is 0 Å². The highest BCUT2D eigenvalue weighted by molar-refractivity contribution is 6.30. The fraction of sp³-hybridized carbons (Fsp3) is 0.138. The predicted molar refractivity (Wildman–Crippen MR) is 415 cm³/mol. The SMILES string of the molecule is CCCn1c(C)cc(=O)n2c3ccccc3nc12.CCOC(=O)c1cnc2[nH]c3ccccc3n2c1=O.Cc1cc(=O)n2c3ccccc3nc2n1Cc1ccc(Cl)cc1.Cc1cc(=O)n2c3ccccc3nc2n1Cc1ccccc1.Cc1cc(=O)n2ccnc2[nH]1.O=c1ccnc2[nH]c3ccccc3n12. The number of aromatic nitrogens is 18. The second-order valence-electron chi connectivity index (χ2n) is 25.0. The van der Waals surface area contributed by atoms with Gasteiger partial charge in [0.15, 0.2) is 0 Å². The lowest BCUT2D eigenvalue weighted by atomic mass is 10.2. The highest BCUT2D eigenvalue weighted by Gasteiger charge is 2.19. The Morgan fingerprint density at radius 3 is 1.40 bits per heavy atom. The summed E-state index contributed by atoms with van der Waals surface area (Å²) in [5, 5.41) is 0.710. The van der Waals surface area contributed by atoms with E-state index in [4.69, 9.17) is 16.3 Å². The molecule has 0 unspecified atom stereocenters. The van der Waals surface area contributed by atoms with E-state index in [0.29, 0.717) is 52.5 Å². The van der Waals surface area contributed by atoms with Crippen LogP contribution in [-0.2, 0) is 24.4 Å². The minimum absolute atomic E-state index is 0.0106. The van der Waals surface area contributed by atoms with Crippen LogP contribution in [-0.4, -0.2) is 97.5 Å². The molecule has 7 aromatic carbocycles. The van der Waals surface area contributed by atoms with Gasteiger partial charge in [0.1, 0.15) is 5.56 Å². The van der Waals surface area contributed by atoms with Gasteiger partial charge in [-0.1, -0.05) is 122 Å². The summed E-state index contributed by atoms with van der Waals surface area (Å²) in [6, 6.07) is 64.0. The number of H-pyrrole nitrogens is 3. The Bertz CT molecular complexity index is 6950. The summed E-state index contributed by atoms with van der Waals surface area (Å²) < 4.78 is 20.5. The molecule has 26 nitrogen and oxygen atoms in total. The third kappa shape index (κ3) is 14.1. The van der Waals surface area contributed by atoms with Gasteiger partial charge in [-0.15, -0.1) is 0 Å². The zero-order valence-electron chi connectivity index (χ0n) is 58.8. The quantitative estimate of drug-likeness (QED) is 0.119. The molecule has 0 atom stereocenters. The van der Waals surface area contributed by atoms with Gasteiger partial charge < -0.3 is 33.4 Å². The molecule has 27 heteroatoms. The van der Waals surface area contributed by atoms with E-state index in [9.17, 15) is 33.6 Å². The molecule has 0 saturated heterocycles. The fourth-order valence-corrected chi connectivity index (χ4v) is 12.9. The largest absolute Gasteiger partial charge is 0.462 e. The summed E-state index contributed by atoms with van der Waals surface area (Å²) in [7, 11) is 0. The van der Waals surface area contributed by atoms with Gasteiger partial charge in [-0.2, -0.15) is 0 Å². The molecule has 0 radical (unpaired) electrons. The van der Waals surface area contributed by atoms with E-state index in [1.165, 1.54) is 38.9 Å². The van der Waals surface area contributed by atoms with Crippen molar-refractivity contribution >= 4 is 107 Å². The van der Waals surface area contributed by atoms with Gasteiger partial charge in [0.2, 0.25) is 34.7 Å². The van der Waals surface area contributed by atoms with Crippen molar-refractivity contribution in [2.45, 2.75) is 67.6 Å². The monoisotopic (exact) mass is 1440 g/mol. The van der Waals surface area contributed by atoms with Crippen LogP contribution in [0.3, 0.4) is 0 Å². The molecular formula is C80H69ClN18O8. The van der Waals surface area contributed by atoms with Gasteiger partial charge in [-0.25, -0.2) is 56.7 Å². The van der Waals surface area contributed by atoms with Crippen molar-refractivity contribution < 1.29 is 9.53 Å². The highest BCUT2D eigenvalue weighted by Crippen LogP contribution is 2.22. The number of halogens is 1. The number of nitrogens with one attached hydrogen (secondary N) is 3. The summed E-state index contributed by atoms with van der Waals surface area (Å²) in [5.41, 5.74) is 13.5. The molecule has 0 aliphatic carbocycles. The minimum Gasteiger partial charge on any atom is -0.462 e. The number of ether oxygens (including phenoxy) is 1. The van der Waals surface area contributed by atoms with Gasteiger partial charge in [0.05, 0.1) is 81.1 Å². The fourth-order valence-electron chi connectivity index (χ4n) is 12.8. The molecule has 12 heterocycles. The average Bonchev–Trinajstić information content (AvgIpc) is 1.62. The van der Waals surface area contributed by atoms with Crippen molar-refractivity contribution in [2.24, 2.45) is 0 Å². The smallest absolute Gasteiger partial charge is 0.345 e. The van der Waals surface area contributed by atoms with E-state index in [1.54, 1.807) is 61.2 Å². The molecule has 0 fully saturated rings. The van der Waals surface area contributed by atoms with Gasteiger partial charge in [-0.3, -0.25) is 33.2 Å². The number of carbonyl (C=O) groups excluding carboxylic acids is 1. The van der Waals surface area contributed by atoms with Crippen LogP contribution in [0.1, 0.15) is 64.5 Å². The highest BCUT2D eigenvalue weighted by atomic mass is 35.5. The number of carbonyl (C=O) groups is 1. The molecule has 3 N–H and O–H groups in total. The third-order valence-electron chi connectivity index (χ3n) is 17.8. The van der Waals surface area contributed by atoms with Gasteiger partial charge >= 0.3 is 5.97 Å². The number of rotatable bonds is 8. The maximum absolute atomic E-state index is 12.4. The number of aryl methyl sites for hydroxylation is 5. The second-order valence-corrected chi connectivity index (χ2v) is 25.4. The molecule has 0 spiro atoms. The number of imidazole rings is 6. The second kappa shape index (κ2) is 30.2. The minimum atomic E-state index is -0.653. The molecule has 19 aromatic rings. The summed E-state index contributed by atoms with van der Waals surface area (Å²) in [6.45, 7) is 13.9. The van der Waals surface area contributed by atoms with Crippen LogP contribution >= 0.6 is 11.6 Å². The lowest BCUT2D eigenvalue weighted by Crippen LogP contribution is -2.23. The first kappa shape index (κ1) is 70.2. The van der Waals surface area contributed by atoms with E-state index >= 15 is 0 Å². The van der Waals surface area contributed by atoms with Crippen molar-refractivity contribution in [1.82, 2.24) is 85.0 Å². The Hall–Kier alpha value is -13.9. The predicted octanol–water partition coefficient (Wildman–Crippen LogP) is 11.9. The first-order chi connectivity index (χ1) is 51.9. The third-order valence-corrected chi connectivity index (χ3v) is 18.0. The number of hydrogen-bond acceptors (Lipinski definition) is 14. The van der Waals surface area contributed by atoms with Crippen molar-refractivity contribution in [3.63, 3.8) is 0 Å². The van der Waals surface area contributed by atoms with Crippen LogP contribution in [0.25, 0.3) is 89.8 Å². The van der Waals surface area contributed by atoms with E-state index in [0.717, 1.165) is 96.7 Å². The number of hydrogen-bond donors (Lipinski definition) is 3. The van der Waals surface area contributed by atoms with Gasteiger partial charge in [-0.05, 0) is 125 Å². The van der Waals surface area contributed by atoms with E-state index < -0.39 is 11.5 Å². The molecule has 12 aromatic heterocycles. The summed E-state index contributed by atoms with van der Waals surface area (Å²) in [6.07, 6.45) is 6.99. The van der Waals surface area contributed by atoms with Crippen LogP contribution < -0.4 is 33.4 Å². The van der Waals surface area contributed by atoms with Crippen molar-refractivity contribution in [2.75, 3.05) is 6.61 Å². The maximum Gasteiger partial charge on any atom is 0.345 e. The average molecular weight is 1450 g/mol. The molecular weight excluding hydrogens is 1380 g/mol. The van der Waals surface area contributed by atoms with Crippen LogP contribution in [0.15, 0.2) is 260 Å². The Labute approximate surface area is 610 Å². The molecule has 534 valence electrons. The lowest BCUT2D eigenvalue weighted by molar-refractivity contribution is 0.0523. The van der Waals surface area contributed by atoms with E-state index in [-0.39, 0.29) is 40.0 Å².